The molecular formula is C38H43N7O5. The van der Waals surface area contributed by atoms with Crippen LogP contribution in [0.5, 0.6) is 0 Å². The number of carbonyl (C=O) groups is 1. The number of piperidine rings is 1. The van der Waals surface area contributed by atoms with E-state index in [1.165, 1.54) is 18.2 Å². The maximum atomic E-state index is 13.0. The highest BCUT2D eigenvalue weighted by Gasteiger charge is 2.44. The number of rotatable bonds is 12. The standard InChI is InChI=1S/C38H43N7O5/c1-49-23-30-33(46)34(47)38(50-30)45-24-41-32-35(40-21-29(25-11-5-2-6-12-25)26-13-7-3-8-14-26)42-31(43-36(32)45)22-39-28-17-19-44(20-18-28)37(48)27-15-9-4-10-16-27/h2-16,24,28-30,33-34,38-39,46-47H,17-23H2,1H3,(H,40,42,43)/t30-,33-,34+,38-/m1/s1. The van der Waals surface area contributed by atoms with Crippen molar-refractivity contribution in [3.8, 4) is 0 Å². The van der Waals surface area contributed by atoms with Crippen molar-refractivity contribution in [3.05, 3.63) is 120 Å². The van der Waals surface area contributed by atoms with Crippen LogP contribution in [0.4, 0.5) is 5.82 Å². The average Bonchev–Trinajstić information content (AvgIpc) is 3.71. The van der Waals surface area contributed by atoms with Gasteiger partial charge in [-0.25, -0.2) is 15.0 Å². The van der Waals surface area contributed by atoms with Crippen LogP contribution in [-0.4, -0.2) is 98.2 Å². The van der Waals surface area contributed by atoms with Crippen molar-refractivity contribution < 1.29 is 24.5 Å². The van der Waals surface area contributed by atoms with E-state index in [1.807, 2.05) is 71.6 Å². The molecule has 50 heavy (non-hydrogen) atoms. The van der Waals surface area contributed by atoms with E-state index in [4.69, 9.17) is 19.4 Å². The lowest BCUT2D eigenvalue weighted by Gasteiger charge is -2.32. The van der Waals surface area contributed by atoms with E-state index in [2.05, 4.69) is 39.9 Å². The lowest BCUT2D eigenvalue weighted by Crippen LogP contribution is -2.44. The first-order valence-corrected chi connectivity index (χ1v) is 17.2. The summed E-state index contributed by atoms with van der Waals surface area (Å²) in [5, 5.41) is 28.8. The molecule has 0 unspecified atom stereocenters. The van der Waals surface area contributed by atoms with Crippen LogP contribution in [0.3, 0.4) is 0 Å². The number of carbonyl (C=O) groups excluding carboxylic acids is 1. The number of nitrogens with zero attached hydrogens (tertiary/aromatic N) is 5. The van der Waals surface area contributed by atoms with Gasteiger partial charge in [-0.15, -0.1) is 0 Å². The summed E-state index contributed by atoms with van der Waals surface area (Å²) in [4.78, 5) is 29.4. The highest BCUT2D eigenvalue weighted by molar-refractivity contribution is 5.94. The number of ether oxygens (including phenoxy) is 2. The summed E-state index contributed by atoms with van der Waals surface area (Å²) in [6, 6.07) is 30.3. The lowest BCUT2D eigenvalue weighted by atomic mass is 9.91. The van der Waals surface area contributed by atoms with Gasteiger partial charge in [-0.3, -0.25) is 9.36 Å². The molecule has 4 N–H and O–H groups in total. The predicted molar refractivity (Wildman–Crippen MR) is 189 cm³/mol. The number of aromatic nitrogens is 4. The van der Waals surface area contributed by atoms with Gasteiger partial charge in [-0.1, -0.05) is 78.9 Å². The Hall–Kier alpha value is -4.72. The normalized spacial score (nSPS) is 21.2. The number of anilines is 1. The highest BCUT2D eigenvalue weighted by atomic mass is 16.6. The minimum Gasteiger partial charge on any atom is -0.387 e. The van der Waals surface area contributed by atoms with Crippen LogP contribution >= 0.6 is 0 Å². The molecule has 4 atom stereocenters. The van der Waals surface area contributed by atoms with E-state index in [9.17, 15) is 15.0 Å². The summed E-state index contributed by atoms with van der Waals surface area (Å²) in [5.74, 6) is 1.20. The number of hydrogen-bond acceptors (Lipinski definition) is 10. The molecule has 0 spiro atoms. The van der Waals surface area contributed by atoms with Crippen LogP contribution in [0, 0.1) is 0 Å². The number of amides is 1. The molecule has 2 aromatic heterocycles. The summed E-state index contributed by atoms with van der Waals surface area (Å²) in [5.41, 5.74) is 4.05. The Kier molecular flexibility index (Phi) is 10.4. The fraction of sp³-hybridized carbons (Fsp3) is 0.368. The van der Waals surface area contributed by atoms with Crippen LogP contribution in [-0.2, 0) is 16.0 Å². The van der Waals surface area contributed by atoms with E-state index >= 15 is 0 Å². The van der Waals surface area contributed by atoms with Gasteiger partial charge in [0.2, 0.25) is 0 Å². The minimum absolute atomic E-state index is 0.0415. The fourth-order valence-corrected chi connectivity index (χ4v) is 6.89. The molecule has 0 radical (unpaired) electrons. The molecule has 12 heteroatoms. The maximum Gasteiger partial charge on any atom is 0.253 e. The second-order valence-electron chi connectivity index (χ2n) is 12.9. The Balaban J connectivity index is 1.13. The van der Waals surface area contributed by atoms with E-state index < -0.39 is 24.5 Å². The Morgan fingerprint density at radius 1 is 0.920 bits per heavy atom. The van der Waals surface area contributed by atoms with Gasteiger partial charge in [0.15, 0.2) is 23.2 Å². The molecular weight excluding hydrogens is 634 g/mol. The van der Waals surface area contributed by atoms with Crippen LogP contribution in [0.25, 0.3) is 11.2 Å². The number of nitrogens with one attached hydrogen (secondary N) is 2. The van der Waals surface area contributed by atoms with Gasteiger partial charge >= 0.3 is 0 Å². The summed E-state index contributed by atoms with van der Waals surface area (Å²) in [6.07, 6.45) is -0.758. The summed E-state index contributed by atoms with van der Waals surface area (Å²) >= 11 is 0. The van der Waals surface area contributed by atoms with Gasteiger partial charge in [0, 0.05) is 44.3 Å². The van der Waals surface area contributed by atoms with Gasteiger partial charge in [0.05, 0.1) is 19.5 Å². The SMILES string of the molecule is COC[C@H]1O[C@@H](n2cnc3c(NCC(c4ccccc4)c4ccccc4)nc(CNC4CCN(C(=O)c5ccccc5)CC4)nc32)[C@@H](O)[C@@H]1O. The molecule has 0 saturated carbocycles. The third-order valence-corrected chi connectivity index (χ3v) is 9.64. The number of hydrogen-bond donors (Lipinski definition) is 4. The van der Waals surface area contributed by atoms with Gasteiger partial charge in [-0.05, 0) is 36.1 Å². The van der Waals surface area contributed by atoms with Crippen molar-refractivity contribution >= 4 is 22.9 Å². The molecule has 2 saturated heterocycles. The van der Waals surface area contributed by atoms with E-state index in [0.29, 0.717) is 54.5 Å². The maximum absolute atomic E-state index is 13.0. The molecule has 1 amide bonds. The van der Waals surface area contributed by atoms with Crippen LogP contribution in [0.15, 0.2) is 97.3 Å². The second-order valence-corrected chi connectivity index (χ2v) is 12.9. The highest BCUT2D eigenvalue weighted by Crippen LogP contribution is 2.33. The van der Waals surface area contributed by atoms with Crippen molar-refractivity contribution in [2.45, 2.75) is 55.9 Å². The first-order valence-electron chi connectivity index (χ1n) is 17.2. The first kappa shape index (κ1) is 33.8. The lowest BCUT2D eigenvalue weighted by molar-refractivity contribution is -0.0580. The molecule has 2 fully saturated rings. The minimum atomic E-state index is -1.20. The van der Waals surface area contributed by atoms with E-state index in [1.54, 1.807) is 10.9 Å². The quantitative estimate of drug-likeness (QED) is 0.154. The second kappa shape index (κ2) is 15.4. The Morgan fingerprint density at radius 3 is 2.20 bits per heavy atom. The van der Waals surface area contributed by atoms with Gasteiger partial charge in [-0.2, -0.15) is 0 Å². The summed E-state index contributed by atoms with van der Waals surface area (Å²) in [6.45, 7) is 2.39. The monoisotopic (exact) mass is 677 g/mol. The Labute approximate surface area is 291 Å². The largest absolute Gasteiger partial charge is 0.387 e. The van der Waals surface area contributed by atoms with Crippen molar-refractivity contribution in [3.63, 3.8) is 0 Å². The van der Waals surface area contributed by atoms with Gasteiger partial charge in [0.25, 0.3) is 5.91 Å². The molecule has 260 valence electrons. The van der Waals surface area contributed by atoms with Crippen molar-refractivity contribution in [2.24, 2.45) is 0 Å². The zero-order valence-electron chi connectivity index (χ0n) is 28.0. The number of imidazole rings is 1. The zero-order valence-corrected chi connectivity index (χ0v) is 28.0. The third kappa shape index (κ3) is 7.25. The van der Waals surface area contributed by atoms with Crippen molar-refractivity contribution in [2.75, 3.05) is 38.7 Å². The van der Waals surface area contributed by atoms with Crippen LogP contribution in [0.1, 0.15) is 52.3 Å². The Morgan fingerprint density at radius 2 is 1.56 bits per heavy atom. The average molecular weight is 678 g/mol. The summed E-state index contributed by atoms with van der Waals surface area (Å²) < 4.78 is 12.9. The number of benzene rings is 3. The third-order valence-electron chi connectivity index (χ3n) is 9.64. The smallest absolute Gasteiger partial charge is 0.253 e. The Bertz CT molecular complexity index is 1810. The molecule has 0 aliphatic carbocycles. The molecule has 3 aromatic carbocycles. The molecule has 2 aliphatic heterocycles. The molecule has 0 bridgehead atoms. The van der Waals surface area contributed by atoms with E-state index in [0.717, 1.165) is 12.8 Å². The molecule has 4 heterocycles. The van der Waals surface area contributed by atoms with Gasteiger partial charge < -0.3 is 35.2 Å². The fourth-order valence-electron chi connectivity index (χ4n) is 6.89. The van der Waals surface area contributed by atoms with Gasteiger partial charge in [0.1, 0.15) is 24.1 Å². The number of aliphatic hydroxyl groups excluding tert-OH is 2. The number of methoxy groups -OCH3 is 1. The topological polar surface area (TPSA) is 147 Å². The molecule has 5 aromatic rings. The molecule has 12 nitrogen and oxygen atoms in total. The first-order chi connectivity index (χ1) is 24.5. The van der Waals surface area contributed by atoms with Crippen molar-refractivity contribution in [1.82, 2.24) is 29.7 Å². The van der Waals surface area contributed by atoms with Crippen molar-refractivity contribution in [1.29, 1.82) is 0 Å². The zero-order chi connectivity index (χ0) is 34.5. The summed E-state index contributed by atoms with van der Waals surface area (Å²) in [7, 11) is 1.52. The van der Waals surface area contributed by atoms with Crippen LogP contribution in [0.2, 0.25) is 0 Å². The number of fused-ring (bicyclic) bond motifs is 1. The molecule has 2 aliphatic rings. The molecule has 7 rings (SSSR count). The number of likely N-dealkylation sites (tertiary alicyclic amines) is 1. The number of aliphatic hydroxyl groups is 2. The van der Waals surface area contributed by atoms with E-state index in [-0.39, 0.29) is 24.5 Å². The van der Waals surface area contributed by atoms with Crippen LogP contribution < -0.4 is 10.6 Å². The predicted octanol–water partition coefficient (Wildman–Crippen LogP) is 3.73.